The Labute approximate surface area is 279 Å². The average Bonchev–Trinajstić information content (AvgIpc) is 3.37. The Morgan fingerprint density at radius 2 is 1.62 bits per heavy atom. The monoisotopic (exact) mass is 621 g/mol. The standard InChI is InChI=1S/C43H72O2/c1-7-8-9-10-11-12-13-14-15-16-17-18-19-23-41(44)45-36-28-30-42(5)35(32-36)24-25-37-39-27-26-38(34(4)22-20-21-33(2)3)43(39,6)31-29-40(37)42/h9-10,12-13,24,33-34,36-40H,7-8,11,14-23,25-32H2,1-6H3/b10-9-,13-12-/t34-,36+,37+,38-,39+,40+,42+,43-/m1/s1. The van der Waals surface area contributed by atoms with E-state index in [1.54, 1.807) is 5.57 Å². The third-order valence-corrected chi connectivity index (χ3v) is 13.4. The van der Waals surface area contributed by atoms with Crippen molar-refractivity contribution in [1.82, 2.24) is 0 Å². The molecule has 0 aromatic heterocycles. The van der Waals surface area contributed by atoms with Gasteiger partial charge in [0.15, 0.2) is 0 Å². The van der Waals surface area contributed by atoms with Crippen molar-refractivity contribution in [1.29, 1.82) is 0 Å². The minimum Gasteiger partial charge on any atom is -0.462 e. The Balaban J connectivity index is 1.16. The van der Waals surface area contributed by atoms with Crippen molar-refractivity contribution in [3.8, 4) is 0 Å². The van der Waals surface area contributed by atoms with E-state index in [1.807, 2.05) is 0 Å². The van der Waals surface area contributed by atoms with Crippen LogP contribution in [0.15, 0.2) is 36.0 Å². The maximum Gasteiger partial charge on any atom is 0.306 e. The van der Waals surface area contributed by atoms with Crippen LogP contribution < -0.4 is 0 Å². The Morgan fingerprint density at radius 3 is 2.40 bits per heavy atom. The molecular formula is C43H72O2. The summed E-state index contributed by atoms with van der Waals surface area (Å²) in [7, 11) is 0. The molecule has 3 fully saturated rings. The fraction of sp³-hybridized carbons (Fsp3) is 0.837. The predicted molar refractivity (Wildman–Crippen MR) is 193 cm³/mol. The molecule has 256 valence electrons. The number of fused-ring (bicyclic) bond motifs is 5. The van der Waals surface area contributed by atoms with Crippen LogP contribution in [0.4, 0.5) is 0 Å². The zero-order valence-electron chi connectivity index (χ0n) is 30.6. The summed E-state index contributed by atoms with van der Waals surface area (Å²) in [6.07, 6.45) is 37.6. The minimum absolute atomic E-state index is 0.0462. The number of carbonyl (C=O) groups excluding carboxylic acids is 1. The Hall–Kier alpha value is -1.31. The number of rotatable bonds is 18. The van der Waals surface area contributed by atoms with Gasteiger partial charge in [0.25, 0.3) is 0 Å². The second-order valence-electron chi connectivity index (χ2n) is 16.9. The van der Waals surface area contributed by atoms with E-state index in [0.29, 0.717) is 17.3 Å². The average molecular weight is 621 g/mol. The van der Waals surface area contributed by atoms with Gasteiger partial charge in [-0.1, -0.05) is 122 Å². The molecule has 0 heterocycles. The van der Waals surface area contributed by atoms with Crippen LogP contribution in [-0.4, -0.2) is 12.1 Å². The molecule has 0 amide bonds. The maximum atomic E-state index is 12.8. The van der Waals surface area contributed by atoms with Crippen molar-refractivity contribution < 1.29 is 9.53 Å². The molecule has 0 aliphatic heterocycles. The summed E-state index contributed by atoms with van der Waals surface area (Å²) in [5.41, 5.74) is 2.52. The van der Waals surface area contributed by atoms with Crippen LogP contribution in [-0.2, 0) is 9.53 Å². The zero-order chi connectivity index (χ0) is 32.3. The van der Waals surface area contributed by atoms with Gasteiger partial charge >= 0.3 is 5.97 Å². The van der Waals surface area contributed by atoms with E-state index in [9.17, 15) is 4.79 Å². The van der Waals surface area contributed by atoms with Gasteiger partial charge in [-0.3, -0.25) is 4.79 Å². The summed E-state index contributed by atoms with van der Waals surface area (Å²) in [6, 6.07) is 0. The molecule has 0 spiro atoms. The molecule has 0 saturated heterocycles. The van der Waals surface area contributed by atoms with Gasteiger partial charge in [-0.15, -0.1) is 0 Å². The van der Waals surface area contributed by atoms with E-state index in [0.717, 1.165) is 67.6 Å². The van der Waals surface area contributed by atoms with Crippen LogP contribution in [0, 0.1) is 46.3 Å². The second kappa shape index (κ2) is 17.7. The SMILES string of the molecule is CCC/C=C\C/C=C\CCCCCCCC(=O)O[C@H]1CC[C@@]2(C)C(=CC[C@H]3[C@@H]4CC[C@H]([C@H](C)CCCC(C)C)[C@@]4(C)CC[C@@H]32)C1. The molecule has 0 unspecified atom stereocenters. The Kier molecular flexibility index (Phi) is 14.4. The summed E-state index contributed by atoms with van der Waals surface area (Å²) in [5, 5.41) is 0. The van der Waals surface area contributed by atoms with E-state index in [-0.39, 0.29) is 12.1 Å². The number of unbranched alkanes of at least 4 members (excludes halogenated alkanes) is 6. The first kappa shape index (κ1) is 36.5. The molecule has 4 aliphatic rings. The smallest absolute Gasteiger partial charge is 0.306 e. The van der Waals surface area contributed by atoms with Crippen LogP contribution >= 0.6 is 0 Å². The third-order valence-electron chi connectivity index (χ3n) is 13.4. The Bertz CT molecular complexity index is 988. The number of hydrogen-bond donors (Lipinski definition) is 0. The molecule has 4 rings (SSSR count). The molecule has 0 radical (unpaired) electrons. The lowest BCUT2D eigenvalue weighted by Gasteiger charge is -2.58. The van der Waals surface area contributed by atoms with Crippen LogP contribution in [0.25, 0.3) is 0 Å². The summed E-state index contributed by atoms with van der Waals surface area (Å²) >= 11 is 0. The number of allylic oxidation sites excluding steroid dienone is 5. The predicted octanol–water partition coefficient (Wildman–Crippen LogP) is 13.0. The van der Waals surface area contributed by atoms with E-state index in [1.165, 1.54) is 96.3 Å². The highest BCUT2D eigenvalue weighted by molar-refractivity contribution is 5.69. The van der Waals surface area contributed by atoms with Crippen molar-refractivity contribution in [2.45, 2.75) is 182 Å². The molecule has 4 aliphatic carbocycles. The van der Waals surface area contributed by atoms with E-state index >= 15 is 0 Å². The van der Waals surface area contributed by atoms with E-state index in [2.05, 4.69) is 71.9 Å². The lowest BCUT2D eigenvalue weighted by Crippen LogP contribution is -2.51. The normalized spacial score (nSPS) is 33.7. The lowest BCUT2D eigenvalue weighted by molar-refractivity contribution is -0.151. The fourth-order valence-electron chi connectivity index (χ4n) is 10.7. The van der Waals surface area contributed by atoms with Crippen molar-refractivity contribution >= 4 is 5.97 Å². The van der Waals surface area contributed by atoms with Crippen molar-refractivity contribution in [2.75, 3.05) is 0 Å². The molecule has 3 saturated carbocycles. The van der Waals surface area contributed by atoms with Gasteiger partial charge in [0.1, 0.15) is 6.10 Å². The third kappa shape index (κ3) is 9.63. The largest absolute Gasteiger partial charge is 0.462 e. The van der Waals surface area contributed by atoms with Gasteiger partial charge in [0, 0.05) is 12.8 Å². The number of hydrogen-bond acceptors (Lipinski definition) is 2. The quantitative estimate of drug-likeness (QED) is 0.0865. The molecular weight excluding hydrogens is 548 g/mol. The molecule has 45 heavy (non-hydrogen) atoms. The van der Waals surface area contributed by atoms with Gasteiger partial charge < -0.3 is 4.74 Å². The Morgan fingerprint density at radius 1 is 0.867 bits per heavy atom. The highest BCUT2D eigenvalue weighted by atomic mass is 16.5. The van der Waals surface area contributed by atoms with E-state index in [4.69, 9.17) is 4.74 Å². The highest BCUT2D eigenvalue weighted by Gasteiger charge is 2.59. The molecule has 0 aromatic carbocycles. The van der Waals surface area contributed by atoms with Crippen LogP contribution in [0.3, 0.4) is 0 Å². The van der Waals surface area contributed by atoms with Gasteiger partial charge in [-0.05, 0) is 123 Å². The molecule has 2 heteroatoms. The molecule has 0 N–H and O–H groups in total. The molecule has 2 nitrogen and oxygen atoms in total. The highest BCUT2D eigenvalue weighted by Crippen LogP contribution is 2.67. The van der Waals surface area contributed by atoms with Crippen molar-refractivity contribution in [2.24, 2.45) is 46.3 Å². The number of esters is 1. The van der Waals surface area contributed by atoms with E-state index < -0.39 is 0 Å². The fourth-order valence-corrected chi connectivity index (χ4v) is 10.7. The summed E-state index contributed by atoms with van der Waals surface area (Å²) in [4.78, 5) is 12.8. The summed E-state index contributed by atoms with van der Waals surface area (Å²) in [5.74, 6) is 5.30. The lowest BCUT2D eigenvalue weighted by atomic mass is 9.47. The van der Waals surface area contributed by atoms with Crippen molar-refractivity contribution in [3.63, 3.8) is 0 Å². The van der Waals surface area contributed by atoms with Crippen LogP contribution in [0.2, 0.25) is 0 Å². The van der Waals surface area contributed by atoms with Gasteiger partial charge in [0.2, 0.25) is 0 Å². The topological polar surface area (TPSA) is 26.3 Å². The first-order valence-corrected chi connectivity index (χ1v) is 19.9. The van der Waals surface area contributed by atoms with Crippen LogP contribution in [0.5, 0.6) is 0 Å². The van der Waals surface area contributed by atoms with Gasteiger partial charge in [-0.25, -0.2) is 0 Å². The number of ether oxygens (including phenoxy) is 1. The zero-order valence-corrected chi connectivity index (χ0v) is 30.6. The van der Waals surface area contributed by atoms with Crippen LogP contribution in [0.1, 0.15) is 176 Å². The first-order valence-electron chi connectivity index (χ1n) is 19.9. The second-order valence-corrected chi connectivity index (χ2v) is 16.9. The maximum absolute atomic E-state index is 12.8. The molecule has 8 atom stereocenters. The molecule has 0 aromatic rings. The number of carbonyl (C=O) groups is 1. The van der Waals surface area contributed by atoms with Gasteiger partial charge in [-0.2, -0.15) is 0 Å². The van der Waals surface area contributed by atoms with Gasteiger partial charge in [0.05, 0.1) is 0 Å². The first-order chi connectivity index (χ1) is 21.7. The molecule has 0 bridgehead atoms. The summed E-state index contributed by atoms with van der Waals surface area (Å²) in [6.45, 7) is 14.9. The summed E-state index contributed by atoms with van der Waals surface area (Å²) < 4.78 is 6.11. The minimum atomic E-state index is 0.0462. The van der Waals surface area contributed by atoms with Crippen molar-refractivity contribution in [3.05, 3.63) is 36.0 Å².